The largest absolute Gasteiger partial charge is 0.377 e. The van der Waals surface area contributed by atoms with Crippen LogP contribution >= 0.6 is 11.6 Å². The molecule has 2 N–H and O–H groups in total. The highest BCUT2D eigenvalue weighted by Crippen LogP contribution is 2.30. The van der Waals surface area contributed by atoms with Gasteiger partial charge in [-0.05, 0) is 25.0 Å². The first-order valence-electron chi connectivity index (χ1n) is 6.06. The van der Waals surface area contributed by atoms with Gasteiger partial charge in [0.25, 0.3) is 0 Å². The van der Waals surface area contributed by atoms with Crippen molar-refractivity contribution in [2.75, 3.05) is 24.6 Å². The highest BCUT2D eigenvalue weighted by atomic mass is 35.5. The number of benzene rings is 1. The van der Waals surface area contributed by atoms with E-state index in [1.165, 1.54) is 0 Å². The molecule has 94 valence electrons. The zero-order valence-corrected chi connectivity index (χ0v) is 10.9. The van der Waals surface area contributed by atoms with Gasteiger partial charge in [-0.1, -0.05) is 23.7 Å². The van der Waals surface area contributed by atoms with Gasteiger partial charge in [0.05, 0.1) is 16.8 Å². The Morgan fingerprint density at radius 2 is 2.35 bits per heavy atom. The monoisotopic (exact) mass is 254 g/mol. The molecule has 1 aromatic rings. The third-order valence-electron chi connectivity index (χ3n) is 3.06. The van der Waals surface area contributed by atoms with Crippen molar-refractivity contribution >= 4 is 17.3 Å². The van der Waals surface area contributed by atoms with Crippen LogP contribution in [0, 0.1) is 0 Å². The number of rotatable bonds is 2. The molecule has 0 bridgehead atoms. The third-order valence-corrected chi connectivity index (χ3v) is 3.36. The minimum Gasteiger partial charge on any atom is -0.377 e. The van der Waals surface area contributed by atoms with Crippen molar-refractivity contribution in [1.82, 2.24) is 0 Å². The van der Waals surface area contributed by atoms with Gasteiger partial charge in [0, 0.05) is 26.2 Å². The van der Waals surface area contributed by atoms with Crippen LogP contribution in [-0.4, -0.2) is 25.8 Å². The number of nitrogens with two attached hydrogens (primary N) is 1. The smallest absolute Gasteiger partial charge is 0.0721 e. The second-order valence-corrected chi connectivity index (χ2v) is 4.84. The van der Waals surface area contributed by atoms with Crippen molar-refractivity contribution in [3.8, 4) is 0 Å². The van der Waals surface area contributed by atoms with E-state index in [1.54, 1.807) is 0 Å². The molecule has 1 fully saturated rings. The van der Waals surface area contributed by atoms with E-state index < -0.39 is 0 Å². The zero-order chi connectivity index (χ0) is 12.3. The van der Waals surface area contributed by atoms with E-state index in [9.17, 15) is 0 Å². The molecule has 2 rings (SSSR count). The molecular weight excluding hydrogens is 236 g/mol. The maximum atomic E-state index is 6.30. The van der Waals surface area contributed by atoms with Crippen molar-refractivity contribution < 1.29 is 4.74 Å². The summed E-state index contributed by atoms with van der Waals surface area (Å²) in [5.41, 5.74) is 7.96. The molecule has 1 aliphatic rings. The van der Waals surface area contributed by atoms with Gasteiger partial charge in [-0.15, -0.1) is 0 Å². The van der Waals surface area contributed by atoms with Gasteiger partial charge in [-0.3, -0.25) is 0 Å². The molecule has 0 aromatic heterocycles. The molecule has 4 heteroatoms. The predicted octanol–water partition coefficient (Wildman–Crippen LogP) is 2.41. The first-order chi connectivity index (χ1) is 8.22. The molecule has 1 atom stereocenters. The minimum absolute atomic E-state index is 0.236. The Labute approximate surface area is 107 Å². The van der Waals surface area contributed by atoms with Gasteiger partial charge >= 0.3 is 0 Å². The lowest BCUT2D eigenvalue weighted by Gasteiger charge is -2.27. The Balaban J connectivity index is 2.31. The number of nitrogens with zero attached hydrogens (tertiary/aromatic N) is 1. The van der Waals surface area contributed by atoms with Crippen LogP contribution < -0.4 is 10.6 Å². The summed E-state index contributed by atoms with van der Waals surface area (Å²) in [4.78, 5) is 2.29. The fraction of sp³-hybridized carbons (Fsp3) is 0.538. The summed E-state index contributed by atoms with van der Waals surface area (Å²) in [6.45, 7) is 5.27. The molecular formula is C13H19ClN2O. The molecule has 1 aliphatic heterocycles. The SMILES string of the molecule is CC1CN(c2c(Cl)cccc2CN)CCCO1. The number of para-hydroxylation sites is 1. The number of halogens is 1. The van der Waals surface area contributed by atoms with Gasteiger partial charge in [0.1, 0.15) is 0 Å². The molecule has 1 saturated heterocycles. The Hall–Kier alpha value is -0.770. The first-order valence-corrected chi connectivity index (χ1v) is 6.44. The van der Waals surface area contributed by atoms with Crippen molar-refractivity contribution in [2.45, 2.75) is 26.0 Å². The first kappa shape index (κ1) is 12.7. The van der Waals surface area contributed by atoms with Crippen molar-refractivity contribution in [2.24, 2.45) is 5.73 Å². The summed E-state index contributed by atoms with van der Waals surface area (Å²) in [6.07, 6.45) is 1.26. The van der Waals surface area contributed by atoms with E-state index in [0.717, 1.165) is 42.4 Å². The molecule has 0 radical (unpaired) electrons. The Morgan fingerprint density at radius 1 is 1.53 bits per heavy atom. The molecule has 0 spiro atoms. The molecule has 0 saturated carbocycles. The van der Waals surface area contributed by atoms with Crippen LogP contribution in [0.1, 0.15) is 18.9 Å². The molecule has 17 heavy (non-hydrogen) atoms. The van der Waals surface area contributed by atoms with E-state index in [0.29, 0.717) is 6.54 Å². The summed E-state index contributed by atoms with van der Waals surface area (Å²) in [5, 5.41) is 0.780. The highest BCUT2D eigenvalue weighted by Gasteiger charge is 2.19. The fourth-order valence-electron chi connectivity index (χ4n) is 2.28. The van der Waals surface area contributed by atoms with Gasteiger partial charge in [0.2, 0.25) is 0 Å². The number of hydrogen-bond donors (Lipinski definition) is 1. The molecule has 1 heterocycles. The molecule has 0 aliphatic carbocycles. The number of anilines is 1. The normalized spacial score (nSPS) is 21.4. The molecule has 0 amide bonds. The van der Waals surface area contributed by atoms with Crippen LogP contribution in [0.2, 0.25) is 5.02 Å². The van der Waals surface area contributed by atoms with Crippen molar-refractivity contribution in [3.63, 3.8) is 0 Å². The van der Waals surface area contributed by atoms with Gasteiger partial charge < -0.3 is 15.4 Å². The average Bonchev–Trinajstić information content (AvgIpc) is 2.53. The van der Waals surface area contributed by atoms with Crippen LogP contribution in [0.15, 0.2) is 18.2 Å². The van der Waals surface area contributed by atoms with Crippen molar-refractivity contribution in [3.05, 3.63) is 28.8 Å². The third kappa shape index (κ3) is 2.92. The van der Waals surface area contributed by atoms with Crippen LogP contribution in [0.4, 0.5) is 5.69 Å². The minimum atomic E-state index is 0.236. The lowest BCUT2D eigenvalue weighted by Crippen LogP contribution is -2.31. The van der Waals surface area contributed by atoms with Crippen LogP contribution in [0.25, 0.3) is 0 Å². The summed E-state index contributed by atoms with van der Waals surface area (Å²) < 4.78 is 5.65. The second kappa shape index (κ2) is 5.71. The average molecular weight is 255 g/mol. The van der Waals surface area contributed by atoms with E-state index in [-0.39, 0.29) is 6.10 Å². The lowest BCUT2D eigenvalue weighted by atomic mass is 10.1. The number of hydrogen-bond acceptors (Lipinski definition) is 3. The fourth-order valence-corrected chi connectivity index (χ4v) is 2.59. The summed E-state index contributed by atoms with van der Waals surface area (Å²) in [6, 6.07) is 5.91. The maximum Gasteiger partial charge on any atom is 0.0721 e. The van der Waals surface area contributed by atoms with Gasteiger partial charge in [-0.25, -0.2) is 0 Å². The second-order valence-electron chi connectivity index (χ2n) is 4.43. The summed E-state index contributed by atoms with van der Waals surface area (Å²) >= 11 is 6.30. The molecule has 3 nitrogen and oxygen atoms in total. The van der Waals surface area contributed by atoms with Crippen LogP contribution in [-0.2, 0) is 11.3 Å². The topological polar surface area (TPSA) is 38.5 Å². The molecule has 1 unspecified atom stereocenters. The van der Waals surface area contributed by atoms with E-state index in [2.05, 4.69) is 11.8 Å². The van der Waals surface area contributed by atoms with Gasteiger partial charge in [-0.2, -0.15) is 0 Å². The predicted molar refractivity (Wildman–Crippen MR) is 71.6 cm³/mol. The summed E-state index contributed by atoms with van der Waals surface area (Å²) in [5.74, 6) is 0. The Morgan fingerprint density at radius 3 is 3.12 bits per heavy atom. The van der Waals surface area contributed by atoms with Crippen LogP contribution in [0.5, 0.6) is 0 Å². The van der Waals surface area contributed by atoms with E-state index >= 15 is 0 Å². The van der Waals surface area contributed by atoms with Gasteiger partial charge in [0.15, 0.2) is 0 Å². The summed E-state index contributed by atoms with van der Waals surface area (Å²) in [7, 11) is 0. The lowest BCUT2D eigenvalue weighted by molar-refractivity contribution is 0.0821. The quantitative estimate of drug-likeness (QED) is 0.881. The standard InChI is InChI=1S/C13H19ClN2O/c1-10-9-16(6-3-7-17-10)13-11(8-15)4-2-5-12(13)14/h2,4-5,10H,3,6-9,15H2,1H3. The Bertz CT molecular complexity index is 384. The Kier molecular flexibility index (Phi) is 4.26. The van der Waals surface area contributed by atoms with E-state index in [4.69, 9.17) is 22.1 Å². The number of ether oxygens (including phenoxy) is 1. The van der Waals surface area contributed by atoms with E-state index in [1.807, 2.05) is 18.2 Å². The highest BCUT2D eigenvalue weighted by molar-refractivity contribution is 6.33. The van der Waals surface area contributed by atoms with Crippen LogP contribution in [0.3, 0.4) is 0 Å². The molecule has 1 aromatic carbocycles. The zero-order valence-electron chi connectivity index (χ0n) is 10.2. The maximum absolute atomic E-state index is 6.30. The van der Waals surface area contributed by atoms with Crippen molar-refractivity contribution in [1.29, 1.82) is 0 Å².